The zero-order valence-electron chi connectivity index (χ0n) is 10.4. The van der Waals surface area contributed by atoms with E-state index in [1.54, 1.807) is 23.3 Å². The summed E-state index contributed by atoms with van der Waals surface area (Å²) >= 11 is 0. The maximum absolute atomic E-state index is 11.8. The van der Waals surface area contributed by atoms with Gasteiger partial charge in [-0.3, -0.25) is 4.98 Å². The van der Waals surface area contributed by atoms with Crippen LogP contribution in [0.4, 0.5) is 0 Å². The highest BCUT2D eigenvalue weighted by molar-refractivity contribution is 5.89. The number of ether oxygens (including phenoxy) is 1. The quantitative estimate of drug-likeness (QED) is 0.779. The third kappa shape index (κ3) is 1.64. The topological polar surface area (TPSA) is 69.9 Å². The van der Waals surface area contributed by atoms with E-state index in [1.165, 1.54) is 13.5 Å². The molecule has 2 aromatic heterocycles. The zero-order chi connectivity index (χ0) is 13.0. The van der Waals surface area contributed by atoms with Crippen LogP contribution in [0.1, 0.15) is 41.5 Å². The van der Waals surface area contributed by atoms with E-state index < -0.39 is 0 Å². The Kier molecular flexibility index (Phi) is 2.81. The molecule has 2 atom stereocenters. The third-order valence-electron chi connectivity index (χ3n) is 3.91. The summed E-state index contributed by atoms with van der Waals surface area (Å²) in [5, 5.41) is 4.39. The molecule has 1 saturated carbocycles. The molecule has 0 aromatic carbocycles. The van der Waals surface area contributed by atoms with E-state index in [1.807, 2.05) is 0 Å². The summed E-state index contributed by atoms with van der Waals surface area (Å²) in [5.74, 6) is 1.46. The van der Waals surface area contributed by atoms with Crippen molar-refractivity contribution < 1.29 is 9.53 Å². The number of hydrogen-bond donors (Lipinski definition) is 0. The molecule has 2 unspecified atom stereocenters. The van der Waals surface area contributed by atoms with Crippen LogP contribution in [0.3, 0.4) is 0 Å². The molecule has 0 N–H and O–H groups in total. The lowest BCUT2D eigenvalue weighted by molar-refractivity contribution is 0.0592. The average molecular weight is 272 g/mol. The number of rotatable bonds is 2. The van der Waals surface area contributed by atoms with Gasteiger partial charge >= 0.3 is 5.97 Å². The van der Waals surface area contributed by atoms with E-state index in [2.05, 4.69) is 15.1 Å². The van der Waals surface area contributed by atoms with E-state index in [4.69, 9.17) is 4.74 Å². The lowest BCUT2D eigenvalue weighted by atomic mass is 10.1. The van der Waals surface area contributed by atoms with Crippen LogP contribution < -0.4 is 0 Å². The van der Waals surface area contributed by atoms with Crippen molar-refractivity contribution in [3.8, 4) is 5.82 Å². The predicted octanol–water partition coefficient (Wildman–Crippen LogP) is 1.74. The van der Waals surface area contributed by atoms with Crippen LogP contribution in [0.15, 0.2) is 18.6 Å². The number of carbonyl (C=O) groups is 1. The van der Waals surface area contributed by atoms with Gasteiger partial charge in [-0.15, -0.1) is 0 Å². The molecule has 0 spiro atoms. The van der Waals surface area contributed by atoms with Gasteiger partial charge in [-0.05, 0) is 18.8 Å². The number of methoxy groups -OCH3 is 1. The minimum atomic E-state index is -0.375. The van der Waals surface area contributed by atoms with Crippen molar-refractivity contribution in [3.63, 3.8) is 0 Å². The molecule has 0 amide bonds. The highest BCUT2D eigenvalue weighted by Crippen LogP contribution is 2.57. The van der Waals surface area contributed by atoms with Gasteiger partial charge in [0.2, 0.25) is 0 Å². The van der Waals surface area contributed by atoms with E-state index in [0.29, 0.717) is 23.3 Å². The highest BCUT2D eigenvalue weighted by atomic mass is 16.5. The molecular weight excluding hydrogens is 256 g/mol. The number of fused-ring (bicyclic) bond motifs is 3. The molecule has 20 heavy (non-hydrogen) atoms. The van der Waals surface area contributed by atoms with E-state index >= 15 is 0 Å². The highest BCUT2D eigenvalue weighted by Gasteiger charge is 2.50. The van der Waals surface area contributed by atoms with Crippen molar-refractivity contribution in [3.05, 3.63) is 35.5 Å². The number of hydrogen-bond acceptors (Lipinski definition) is 5. The first-order valence-electron chi connectivity index (χ1n) is 6.26. The van der Waals surface area contributed by atoms with Gasteiger partial charge in [-0.1, -0.05) is 7.43 Å². The maximum Gasteiger partial charge on any atom is 0.358 e. The third-order valence-corrected chi connectivity index (χ3v) is 3.91. The average Bonchev–Trinajstić information content (AvgIpc) is 2.96. The van der Waals surface area contributed by atoms with Crippen molar-refractivity contribution in [1.82, 2.24) is 19.7 Å². The first-order chi connectivity index (χ1) is 9.29. The second-order valence-corrected chi connectivity index (χ2v) is 4.99. The number of nitrogens with zero attached hydrogens (tertiary/aromatic N) is 4. The van der Waals surface area contributed by atoms with Gasteiger partial charge in [-0.2, -0.15) is 5.10 Å². The molecule has 6 heteroatoms. The number of aromatic nitrogens is 4. The number of carbonyl (C=O) groups excluding carboxylic acids is 1. The van der Waals surface area contributed by atoms with E-state index in [0.717, 1.165) is 17.7 Å². The summed E-state index contributed by atoms with van der Waals surface area (Å²) in [6.45, 7) is 0. The van der Waals surface area contributed by atoms with Gasteiger partial charge < -0.3 is 4.74 Å². The van der Waals surface area contributed by atoms with Gasteiger partial charge in [0.15, 0.2) is 11.5 Å². The van der Waals surface area contributed by atoms with Gasteiger partial charge in [-0.25, -0.2) is 14.5 Å². The van der Waals surface area contributed by atoms with Gasteiger partial charge in [0.1, 0.15) is 0 Å². The van der Waals surface area contributed by atoms with Crippen molar-refractivity contribution in [2.24, 2.45) is 5.92 Å². The fourth-order valence-corrected chi connectivity index (χ4v) is 2.95. The van der Waals surface area contributed by atoms with Crippen LogP contribution in [0.25, 0.3) is 5.82 Å². The molecule has 2 aromatic rings. The van der Waals surface area contributed by atoms with Gasteiger partial charge in [0, 0.05) is 23.9 Å². The fourth-order valence-electron chi connectivity index (χ4n) is 2.95. The molecule has 0 bridgehead atoms. The van der Waals surface area contributed by atoms with E-state index in [9.17, 15) is 4.79 Å². The summed E-state index contributed by atoms with van der Waals surface area (Å²) in [6, 6.07) is 0. The smallest absolute Gasteiger partial charge is 0.358 e. The minimum Gasteiger partial charge on any atom is -0.464 e. The van der Waals surface area contributed by atoms with Crippen molar-refractivity contribution in [2.45, 2.75) is 26.2 Å². The van der Waals surface area contributed by atoms with Crippen molar-refractivity contribution in [2.75, 3.05) is 7.11 Å². The van der Waals surface area contributed by atoms with Gasteiger partial charge in [0.05, 0.1) is 19.0 Å². The fraction of sp³-hybridized carbons (Fsp3) is 0.429. The summed E-state index contributed by atoms with van der Waals surface area (Å²) in [7, 11) is 1.38. The normalized spacial score (nSPS) is 21.6. The maximum atomic E-state index is 11.8. The van der Waals surface area contributed by atoms with Crippen LogP contribution in [0.2, 0.25) is 0 Å². The Balaban J connectivity index is 0.00000121. The summed E-state index contributed by atoms with van der Waals surface area (Å²) in [6.07, 6.45) is 7.00. The monoisotopic (exact) mass is 272 g/mol. The Bertz CT molecular complexity index is 665. The Morgan fingerprint density at radius 2 is 2.30 bits per heavy atom. The van der Waals surface area contributed by atoms with Crippen LogP contribution in [-0.2, 0) is 11.2 Å². The SMILES string of the molecule is C.COC(=O)c1nn(-c2cnccn2)c2c1CC1CC21. The molecule has 0 aliphatic heterocycles. The summed E-state index contributed by atoms with van der Waals surface area (Å²) < 4.78 is 6.57. The second kappa shape index (κ2) is 4.40. The van der Waals surface area contributed by atoms with Crippen LogP contribution in [0, 0.1) is 5.92 Å². The van der Waals surface area contributed by atoms with Crippen LogP contribution >= 0.6 is 0 Å². The zero-order valence-corrected chi connectivity index (χ0v) is 10.4. The first kappa shape index (κ1) is 12.8. The molecular formula is C14H16N4O2. The molecule has 6 nitrogen and oxygen atoms in total. The Morgan fingerprint density at radius 3 is 3.00 bits per heavy atom. The molecule has 0 radical (unpaired) electrons. The summed E-state index contributed by atoms with van der Waals surface area (Å²) in [5.41, 5.74) is 2.57. The van der Waals surface area contributed by atoms with E-state index in [-0.39, 0.29) is 13.4 Å². The summed E-state index contributed by atoms with van der Waals surface area (Å²) in [4.78, 5) is 20.1. The Morgan fingerprint density at radius 1 is 1.45 bits per heavy atom. The molecule has 104 valence electrons. The van der Waals surface area contributed by atoms with Crippen LogP contribution in [0.5, 0.6) is 0 Å². The standard InChI is InChI=1S/C13H12N4O2.CH4/c1-19-13(18)11-9-5-7-4-8(7)12(9)17(16-11)10-6-14-2-3-15-10;/h2-3,6-8H,4-5H2,1H3;1H4. The number of esters is 1. The first-order valence-corrected chi connectivity index (χ1v) is 6.26. The largest absolute Gasteiger partial charge is 0.464 e. The lowest BCUT2D eigenvalue weighted by Crippen LogP contribution is -2.07. The van der Waals surface area contributed by atoms with Gasteiger partial charge in [0.25, 0.3) is 0 Å². The minimum absolute atomic E-state index is 0. The molecule has 2 aliphatic carbocycles. The molecule has 1 fully saturated rings. The Labute approximate surface area is 116 Å². The molecule has 2 heterocycles. The Hall–Kier alpha value is -2.24. The second-order valence-electron chi connectivity index (χ2n) is 4.99. The van der Waals surface area contributed by atoms with Crippen molar-refractivity contribution in [1.29, 1.82) is 0 Å². The molecule has 4 rings (SSSR count). The van der Waals surface area contributed by atoms with Crippen LogP contribution in [-0.4, -0.2) is 32.8 Å². The molecule has 2 aliphatic rings. The lowest BCUT2D eigenvalue weighted by Gasteiger charge is -2.03. The molecule has 0 saturated heterocycles. The predicted molar refractivity (Wildman–Crippen MR) is 71.8 cm³/mol. The van der Waals surface area contributed by atoms with Crippen molar-refractivity contribution >= 4 is 5.97 Å².